The molecule has 13 nitrogen and oxygen atoms in total. The summed E-state index contributed by atoms with van der Waals surface area (Å²) in [7, 11) is -3.78. The van der Waals surface area contributed by atoms with Crippen molar-refractivity contribution in [3.05, 3.63) is 70.3 Å². The summed E-state index contributed by atoms with van der Waals surface area (Å²) < 4.78 is 130. The van der Waals surface area contributed by atoms with E-state index >= 15 is 0 Å². The zero-order valence-corrected chi connectivity index (χ0v) is 27.1. The Labute approximate surface area is 285 Å². The number of carbonyl (C=O) groups is 3. The van der Waals surface area contributed by atoms with Crippen LogP contribution in [0.25, 0.3) is 0 Å². The standard InChI is InChI=1S/C21H22N4O3S2.3C2HF3O2/c1-15-7-10-29-19(15)14-24-12-17-18(13-24)28-21-20(6-4-9-23-21)30(26,27)25(17)11-16-5-2-3-8-22-16;3*3-2(4,5)1(6)7/h2-10,17-18H,11-14H2,1H3;3*(H,6,7). The number of pyridine rings is 2. The third kappa shape index (κ3) is 12.6. The van der Waals surface area contributed by atoms with E-state index in [9.17, 15) is 47.9 Å². The highest BCUT2D eigenvalue weighted by Crippen LogP contribution is 2.36. The van der Waals surface area contributed by atoms with Crippen LogP contribution in [-0.2, 0) is 37.5 Å². The lowest BCUT2D eigenvalue weighted by Crippen LogP contribution is -2.46. The second kappa shape index (κ2) is 17.1. The molecule has 0 radical (unpaired) electrons. The molecule has 2 aliphatic heterocycles. The van der Waals surface area contributed by atoms with Crippen LogP contribution < -0.4 is 4.74 Å². The van der Waals surface area contributed by atoms with Crippen LogP contribution in [0, 0.1) is 6.92 Å². The highest BCUT2D eigenvalue weighted by molar-refractivity contribution is 7.89. The minimum Gasteiger partial charge on any atom is -0.475 e. The van der Waals surface area contributed by atoms with Crippen molar-refractivity contribution in [1.82, 2.24) is 19.2 Å². The van der Waals surface area contributed by atoms with Gasteiger partial charge in [0.15, 0.2) is 0 Å². The molecule has 3 N–H and O–H groups in total. The van der Waals surface area contributed by atoms with Crippen LogP contribution in [0.3, 0.4) is 0 Å². The van der Waals surface area contributed by atoms with Gasteiger partial charge in [-0.25, -0.2) is 27.8 Å². The van der Waals surface area contributed by atoms with Crippen LogP contribution in [0.4, 0.5) is 39.5 Å². The zero-order valence-electron chi connectivity index (χ0n) is 25.5. The Hall–Kier alpha value is -4.55. The molecule has 3 aromatic rings. The average Bonchev–Trinajstić information content (AvgIpc) is 3.58. The van der Waals surface area contributed by atoms with Gasteiger partial charge in [0.2, 0.25) is 15.9 Å². The van der Waals surface area contributed by atoms with Gasteiger partial charge in [-0.15, -0.1) is 11.3 Å². The number of likely N-dealkylation sites (tertiary alicyclic amines) is 1. The lowest BCUT2D eigenvalue weighted by molar-refractivity contribution is -0.193. The fraction of sp³-hybridized carbons (Fsp3) is 0.370. The molecular weight excluding hydrogens is 759 g/mol. The Morgan fingerprint density at radius 1 is 0.824 bits per heavy atom. The maximum Gasteiger partial charge on any atom is 0.490 e. The number of sulfonamides is 1. The zero-order chi connectivity index (χ0) is 38.9. The van der Waals surface area contributed by atoms with E-state index in [4.69, 9.17) is 34.4 Å². The monoisotopic (exact) mass is 784 g/mol. The van der Waals surface area contributed by atoms with Gasteiger partial charge in [0.05, 0.1) is 18.3 Å². The summed E-state index contributed by atoms with van der Waals surface area (Å²) in [6.07, 6.45) is -12.3. The van der Waals surface area contributed by atoms with Crippen LogP contribution >= 0.6 is 11.3 Å². The second-order valence-corrected chi connectivity index (χ2v) is 12.9. The van der Waals surface area contributed by atoms with Crippen LogP contribution in [-0.4, -0.2) is 105 Å². The quantitative estimate of drug-likeness (QED) is 0.313. The number of hydrogen-bond donors (Lipinski definition) is 3. The first-order chi connectivity index (χ1) is 23.4. The smallest absolute Gasteiger partial charge is 0.475 e. The van der Waals surface area contributed by atoms with E-state index in [2.05, 4.69) is 33.2 Å². The van der Waals surface area contributed by atoms with Crippen molar-refractivity contribution in [2.75, 3.05) is 13.1 Å². The van der Waals surface area contributed by atoms with Gasteiger partial charge in [-0.1, -0.05) is 6.07 Å². The van der Waals surface area contributed by atoms with Crippen molar-refractivity contribution in [3.8, 4) is 5.88 Å². The summed E-state index contributed by atoms with van der Waals surface area (Å²) >= 11 is 1.73. The summed E-state index contributed by atoms with van der Waals surface area (Å²) in [6, 6.07) is 10.5. The minimum atomic E-state index is -5.08. The fourth-order valence-electron chi connectivity index (χ4n) is 4.09. The topological polar surface area (TPSA) is 188 Å². The molecule has 24 heteroatoms. The summed E-state index contributed by atoms with van der Waals surface area (Å²) in [6.45, 7) is 4.34. The molecule has 0 aromatic carbocycles. The number of ether oxygens (including phenoxy) is 1. The largest absolute Gasteiger partial charge is 0.490 e. The van der Waals surface area contributed by atoms with Gasteiger partial charge < -0.3 is 20.1 Å². The number of hydrogen-bond acceptors (Lipinski definition) is 10. The predicted molar refractivity (Wildman–Crippen MR) is 155 cm³/mol. The number of aliphatic carboxylic acids is 3. The number of aryl methyl sites for hydroxylation is 1. The maximum absolute atomic E-state index is 13.6. The molecule has 1 saturated heterocycles. The number of halogens is 9. The number of aromatic nitrogens is 2. The van der Waals surface area contributed by atoms with Gasteiger partial charge in [0.25, 0.3) is 0 Å². The summed E-state index contributed by atoms with van der Waals surface area (Å²) in [5.41, 5.74) is 1.97. The van der Waals surface area contributed by atoms with E-state index in [0.717, 1.165) is 6.54 Å². The second-order valence-electron chi connectivity index (χ2n) is 10.0. The van der Waals surface area contributed by atoms with Crippen molar-refractivity contribution in [3.63, 3.8) is 0 Å². The van der Waals surface area contributed by atoms with Crippen LogP contribution in [0.5, 0.6) is 5.88 Å². The highest BCUT2D eigenvalue weighted by atomic mass is 32.2. The normalized spacial score (nSPS) is 18.4. The van der Waals surface area contributed by atoms with Gasteiger partial charge in [0, 0.05) is 36.9 Å². The third-order valence-electron chi connectivity index (χ3n) is 6.38. The van der Waals surface area contributed by atoms with Gasteiger partial charge in [-0.05, 0) is 48.2 Å². The summed E-state index contributed by atoms with van der Waals surface area (Å²) in [4.78, 5) is 39.0. The average molecular weight is 785 g/mol. The minimum absolute atomic E-state index is 0.121. The van der Waals surface area contributed by atoms with Crippen molar-refractivity contribution in [1.29, 1.82) is 0 Å². The number of thiophene rings is 1. The summed E-state index contributed by atoms with van der Waals surface area (Å²) in [5.74, 6) is -8.09. The highest BCUT2D eigenvalue weighted by Gasteiger charge is 2.48. The van der Waals surface area contributed by atoms with Crippen molar-refractivity contribution in [2.24, 2.45) is 0 Å². The first-order valence-electron chi connectivity index (χ1n) is 13.5. The van der Waals surface area contributed by atoms with E-state index < -0.39 is 46.5 Å². The molecule has 0 amide bonds. The molecule has 51 heavy (non-hydrogen) atoms. The lowest BCUT2D eigenvalue weighted by atomic mass is 10.2. The number of rotatable bonds is 4. The number of fused-ring (bicyclic) bond motifs is 2. The van der Waals surface area contributed by atoms with E-state index in [1.807, 2.05) is 18.2 Å². The molecule has 2 atom stereocenters. The molecular formula is C27H25F9N4O9S2. The molecule has 1 fully saturated rings. The van der Waals surface area contributed by atoms with Gasteiger partial charge in [-0.2, -0.15) is 43.8 Å². The predicted octanol–water partition coefficient (Wildman–Crippen LogP) is 4.58. The van der Waals surface area contributed by atoms with E-state index in [0.29, 0.717) is 18.8 Å². The van der Waals surface area contributed by atoms with Crippen molar-refractivity contribution < 1.29 is 82.4 Å². The van der Waals surface area contributed by atoms with Crippen LogP contribution in [0.15, 0.2) is 59.1 Å². The maximum atomic E-state index is 13.6. The Balaban J connectivity index is 0.000000352. The summed E-state index contributed by atoms with van der Waals surface area (Å²) in [5, 5.41) is 23.5. The third-order valence-corrected chi connectivity index (χ3v) is 9.27. The number of alkyl halides is 9. The SMILES string of the molecule is Cc1ccsc1CN1CC2Oc3ncccc3S(=O)(=O)N(Cc3ccccn3)C2C1.O=C(O)C(F)(F)F.O=C(O)C(F)(F)F.O=C(O)C(F)(F)F. The van der Waals surface area contributed by atoms with E-state index in [1.54, 1.807) is 40.2 Å². The first-order valence-corrected chi connectivity index (χ1v) is 15.9. The molecule has 3 aromatic heterocycles. The molecule has 0 aliphatic carbocycles. The Morgan fingerprint density at radius 3 is 1.80 bits per heavy atom. The molecule has 2 unspecified atom stereocenters. The lowest BCUT2D eigenvalue weighted by Gasteiger charge is -2.27. The van der Waals surface area contributed by atoms with Crippen LogP contribution in [0.2, 0.25) is 0 Å². The molecule has 2 aliphatic rings. The van der Waals surface area contributed by atoms with E-state index in [-0.39, 0.29) is 29.5 Å². The number of carboxylic acids is 3. The molecule has 5 rings (SSSR count). The molecule has 282 valence electrons. The van der Waals surface area contributed by atoms with Crippen molar-refractivity contribution >= 4 is 39.3 Å². The van der Waals surface area contributed by atoms with Crippen LogP contribution in [0.1, 0.15) is 16.1 Å². The molecule has 0 spiro atoms. The fourth-order valence-corrected chi connectivity index (χ4v) is 6.72. The first kappa shape index (κ1) is 42.6. The van der Waals surface area contributed by atoms with Gasteiger partial charge in [0.1, 0.15) is 11.0 Å². The van der Waals surface area contributed by atoms with E-state index in [1.165, 1.54) is 10.4 Å². The molecule has 0 saturated carbocycles. The molecule has 0 bridgehead atoms. The van der Waals surface area contributed by atoms with Crippen molar-refractivity contribution in [2.45, 2.75) is 55.6 Å². The number of nitrogens with zero attached hydrogens (tertiary/aromatic N) is 4. The van der Waals surface area contributed by atoms with Gasteiger partial charge in [-0.3, -0.25) is 9.88 Å². The Kier molecular flexibility index (Phi) is 14.3. The number of carboxylic acid groups (broad SMARTS) is 3. The molecule has 5 heterocycles. The Bertz CT molecular complexity index is 1700. The Morgan fingerprint density at radius 2 is 1.35 bits per heavy atom. The van der Waals surface area contributed by atoms with Gasteiger partial charge >= 0.3 is 36.4 Å².